The van der Waals surface area contributed by atoms with Crippen LogP contribution in [0.5, 0.6) is 17.2 Å². The van der Waals surface area contributed by atoms with Crippen molar-refractivity contribution in [2.24, 2.45) is 4.99 Å². The Morgan fingerprint density at radius 3 is 2.29 bits per heavy atom. The molecule has 35 heavy (non-hydrogen) atoms. The number of esters is 1. The van der Waals surface area contributed by atoms with E-state index in [1.54, 1.807) is 34.5 Å². The van der Waals surface area contributed by atoms with Gasteiger partial charge in [0.1, 0.15) is 0 Å². The van der Waals surface area contributed by atoms with E-state index in [-0.39, 0.29) is 18.6 Å². The molecule has 3 aromatic carbocycles. The first kappa shape index (κ1) is 26.2. The molecule has 0 fully saturated rings. The first-order valence-electron chi connectivity index (χ1n) is 11.1. The molecule has 1 atom stereocenters. The Labute approximate surface area is 214 Å². The highest BCUT2D eigenvalue weighted by Crippen LogP contribution is 2.38. The Balaban J connectivity index is 2.02. The largest absolute Gasteiger partial charge is 0.493 e. The van der Waals surface area contributed by atoms with E-state index in [4.69, 9.17) is 23.9 Å². The smallest absolute Gasteiger partial charge is 0.319 e. The van der Waals surface area contributed by atoms with Crippen molar-refractivity contribution in [2.75, 3.05) is 34.5 Å². The Hall–Kier alpha value is -3.36. The van der Waals surface area contributed by atoms with Gasteiger partial charge in [-0.3, -0.25) is 15.1 Å². The van der Waals surface area contributed by atoms with Gasteiger partial charge < -0.3 is 18.9 Å². The van der Waals surface area contributed by atoms with Crippen molar-refractivity contribution in [1.82, 2.24) is 5.32 Å². The zero-order valence-electron chi connectivity index (χ0n) is 20.2. The Morgan fingerprint density at radius 2 is 1.69 bits per heavy atom. The van der Waals surface area contributed by atoms with Gasteiger partial charge in [0.15, 0.2) is 11.5 Å². The van der Waals surface area contributed by atoms with E-state index >= 15 is 0 Å². The molecular weight excluding hydrogens is 512 g/mol. The summed E-state index contributed by atoms with van der Waals surface area (Å²) in [5.74, 6) is 1.29. The van der Waals surface area contributed by atoms with Crippen molar-refractivity contribution in [3.8, 4) is 17.2 Å². The van der Waals surface area contributed by atoms with Crippen LogP contribution in [0.1, 0.15) is 29.7 Å². The van der Waals surface area contributed by atoms with E-state index in [9.17, 15) is 4.79 Å². The van der Waals surface area contributed by atoms with E-state index < -0.39 is 0 Å². The highest BCUT2D eigenvalue weighted by molar-refractivity contribution is 9.10. The number of aliphatic imine (C=N–C) groups is 1. The summed E-state index contributed by atoms with van der Waals surface area (Å²) in [6, 6.07) is 19.1. The van der Waals surface area contributed by atoms with Crippen molar-refractivity contribution >= 4 is 33.8 Å². The number of halogens is 1. The molecule has 0 spiro atoms. The summed E-state index contributed by atoms with van der Waals surface area (Å²) in [7, 11) is 4.71. The normalized spacial score (nSPS) is 11.8. The molecule has 7 nitrogen and oxygen atoms in total. The summed E-state index contributed by atoms with van der Waals surface area (Å²) in [6.45, 7) is 2.19. The molecule has 0 saturated heterocycles. The Morgan fingerprint density at radius 1 is 1.00 bits per heavy atom. The number of ether oxygens (including phenoxy) is 4. The molecule has 0 aliphatic rings. The molecule has 0 radical (unpaired) electrons. The van der Waals surface area contributed by atoms with Crippen molar-refractivity contribution < 1.29 is 23.7 Å². The topological polar surface area (TPSA) is 78.4 Å². The fourth-order valence-corrected chi connectivity index (χ4v) is 4.02. The molecule has 184 valence electrons. The fraction of sp³-hybridized carbons (Fsp3) is 0.259. The predicted molar refractivity (Wildman–Crippen MR) is 140 cm³/mol. The van der Waals surface area contributed by atoms with Crippen molar-refractivity contribution in [2.45, 2.75) is 13.0 Å². The summed E-state index contributed by atoms with van der Waals surface area (Å²) < 4.78 is 22.3. The molecule has 0 aliphatic heterocycles. The van der Waals surface area contributed by atoms with Crippen LogP contribution in [0.25, 0.3) is 0 Å². The molecule has 1 N–H and O–H groups in total. The number of carbonyl (C=O) groups excluding carboxylic acids is 1. The van der Waals surface area contributed by atoms with Crippen molar-refractivity contribution in [3.05, 3.63) is 81.8 Å². The standard InChI is InChI=1S/C27H29BrN2O5/c1-5-35-25(31)17-30-26(19-9-7-6-8-10-19)21-15-20(28)11-12-22(21)29-16-18-13-23(32-2)27(34-4)24(14-18)33-3/h6-16,26,30H,5,17H2,1-4H3/t26-/m1/s1. The number of hydrogen-bond donors (Lipinski definition) is 1. The number of rotatable bonds is 11. The van der Waals surface area contributed by atoms with Gasteiger partial charge in [0.2, 0.25) is 5.75 Å². The number of nitrogens with zero attached hydrogens (tertiary/aromatic N) is 1. The van der Waals surface area contributed by atoms with Gasteiger partial charge in [-0.2, -0.15) is 0 Å². The molecule has 3 rings (SSSR count). The average molecular weight is 541 g/mol. The Kier molecular flexibility index (Phi) is 9.69. The minimum atomic E-state index is -0.314. The molecule has 3 aromatic rings. The van der Waals surface area contributed by atoms with Crippen LogP contribution in [0, 0.1) is 0 Å². The summed E-state index contributed by atoms with van der Waals surface area (Å²) in [5.41, 5.74) is 3.42. The lowest BCUT2D eigenvalue weighted by molar-refractivity contribution is -0.142. The van der Waals surface area contributed by atoms with Gasteiger partial charge in [-0.05, 0) is 42.8 Å². The second-order valence-corrected chi connectivity index (χ2v) is 8.37. The highest BCUT2D eigenvalue weighted by atomic mass is 79.9. The third-order valence-corrected chi connectivity index (χ3v) is 5.72. The van der Waals surface area contributed by atoms with E-state index in [1.807, 2.05) is 60.7 Å². The van der Waals surface area contributed by atoms with Crippen LogP contribution in [0.4, 0.5) is 5.69 Å². The maximum Gasteiger partial charge on any atom is 0.319 e. The maximum absolute atomic E-state index is 12.1. The average Bonchev–Trinajstić information content (AvgIpc) is 2.88. The van der Waals surface area contributed by atoms with Gasteiger partial charge in [0.25, 0.3) is 0 Å². The zero-order valence-corrected chi connectivity index (χ0v) is 21.8. The molecule has 0 aliphatic carbocycles. The number of benzene rings is 3. The molecule has 8 heteroatoms. The summed E-state index contributed by atoms with van der Waals surface area (Å²) in [5, 5.41) is 3.33. The second-order valence-electron chi connectivity index (χ2n) is 7.45. The molecule has 0 aromatic heterocycles. The van der Waals surface area contributed by atoms with Crippen molar-refractivity contribution in [1.29, 1.82) is 0 Å². The predicted octanol–water partition coefficient (Wildman–Crippen LogP) is 5.47. The van der Waals surface area contributed by atoms with Crippen LogP contribution in [0.2, 0.25) is 0 Å². The minimum absolute atomic E-state index is 0.0654. The van der Waals surface area contributed by atoms with Crippen LogP contribution in [-0.2, 0) is 9.53 Å². The molecule has 0 bridgehead atoms. The lowest BCUT2D eigenvalue weighted by atomic mass is 9.97. The van der Waals surface area contributed by atoms with E-state index in [1.165, 1.54) is 0 Å². The van der Waals surface area contributed by atoms with Gasteiger partial charge in [-0.25, -0.2) is 0 Å². The molecule has 0 heterocycles. The van der Waals surface area contributed by atoms with Gasteiger partial charge in [-0.15, -0.1) is 0 Å². The molecule has 0 unspecified atom stereocenters. The number of carbonyl (C=O) groups is 1. The van der Waals surface area contributed by atoms with Crippen LogP contribution < -0.4 is 19.5 Å². The summed E-state index contributed by atoms with van der Waals surface area (Å²) >= 11 is 3.57. The van der Waals surface area contributed by atoms with E-state index in [0.717, 1.165) is 26.9 Å². The SMILES string of the molecule is CCOC(=O)CN[C@H](c1ccccc1)c1cc(Br)ccc1N=Cc1cc(OC)c(OC)c(OC)c1. The lowest BCUT2D eigenvalue weighted by Gasteiger charge is -2.21. The van der Waals surface area contributed by atoms with E-state index in [0.29, 0.717) is 23.9 Å². The second kappa shape index (κ2) is 12.9. The third kappa shape index (κ3) is 6.83. The molecular formula is C27H29BrN2O5. The number of hydrogen-bond acceptors (Lipinski definition) is 7. The van der Waals surface area contributed by atoms with Gasteiger partial charge >= 0.3 is 5.97 Å². The van der Waals surface area contributed by atoms with Gasteiger partial charge in [0.05, 0.1) is 46.2 Å². The van der Waals surface area contributed by atoms with Crippen LogP contribution in [-0.4, -0.2) is 46.7 Å². The van der Waals surface area contributed by atoms with E-state index in [2.05, 4.69) is 21.2 Å². The monoisotopic (exact) mass is 540 g/mol. The molecule has 0 saturated carbocycles. The molecule has 0 amide bonds. The Bertz CT molecular complexity index is 1140. The number of methoxy groups -OCH3 is 3. The minimum Gasteiger partial charge on any atom is -0.493 e. The quantitative estimate of drug-likeness (QED) is 0.256. The van der Waals surface area contributed by atoms with Gasteiger partial charge in [-0.1, -0.05) is 46.3 Å². The first-order chi connectivity index (χ1) is 17.0. The number of nitrogens with one attached hydrogen (secondary N) is 1. The first-order valence-corrected chi connectivity index (χ1v) is 11.9. The zero-order chi connectivity index (χ0) is 25.2. The summed E-state index contributed by atoms with van der Waals surface area (Å²) in [6.07, 6.45) is 1.74. The third-order valence-electron chi connectivity index (χ3n) is 5.23. The summed E-state index contributed by atoms with van der Waals surface area (Å²) in [4.78, 5) is 16.9. The highest BCUT2D eigenvalue weighted by Gasteiger charge is 2.19. The van der Waals surface area contributed by atoms with Crippen molar-refractivity contribution in [3.63, 3.8) is 0 Å². The van der Waals surface area contributed by atoms with Gasteiger partial charge in [0, 0.05) is 21.8 Å². The lowest BCUT2D eigenvalue weighted by Crippen LogP contribution is -2.29. The van der Waals surface area contributed by atoms with Crippen LogP contribution in [0.15, 0.2) is 70.1 Å². The van der Waals surface area contributed by atoms with Crippen LogP contribution >= 0.6 is 15.9 Å². The van der Waals surface area contributed by atoms with Crippen LogP contribution in [0.3, 0.4) is 0 Å². The maximum atomic E-state index is 12.1. The fourth-order valence-electron chi connectivity index (χ4n) is 3.64.